The highest BCUT2D eigenvalue weighted by Crippen LogP contribution is 2.28. The van der Waals surface area contributed by atoms with Crippen molar-refractivity contribution in [2.75, 3.05) is 44.3 Å². The van der Waals surface area contributed by atoms with E-state index in [0.29, 0.717) is 38.4 Å². The number of aromatic nitrogens is 1. The van der Waals surface area contributed by atoms with E-state index in [1.165, 1.54) is 0 Å². The largest absolute Gasteiger partial charge is 0.378 e. The Balaban J connectivity index is 1.58. The standard InChI is InChI=1S/C20H21BrN4O2/c21-16-3-4-18-17(11-16)15(12-22)10-19(23-18)25-5-1-2-14(13-25)20(26)24-6-8-27-9-7-24/h3-4,10-11,14H,1-2,5-9,13H2/t14-/m0/s1. The average Bonchev–Trinajstić information content (AvgIpc) is 2.73. The first-order chi connectivity index (χ1) is 13.2. The first kappa shape index (κ1) is 18.2. The Morgan fingerprint density at radius 2 is 2.07 bits per heavy atom. The highest BCUT2D eigenvalue weighted by molar-refractivity contribution is 9.10. The van der Waals surface area contributed by atoms with Crippen LogP contribution < -0.4 is 4.90 Å². The minimum Gasteiger partial charge on any atom is -0.378 e. The number of anilines is 1. The van der Waals surface area contributed by atoms with Crippen LogP contribution in [0, 0.1) is 17.2 Å². The zero-order valence-electron chi connectivity index (χ0n) is 15.0. The van der Waals surface area contributed by atoms with Gasteiger partial charge >= 0.3 is 0 Å². The van der Waals surface area contributed by atoms with Crippen molar-refractivity contribution in [3.05, 3.63) is 34.3 Å². The van der Waals surface area contributed by atoms with Crippen molar-refractivity contribution in [2.45, 2.75) is 12.8 Å². The topological polar surface area (TPSA) is 69.5 Å². The second-order valence-corrected chi connectivity index (χ2v) is 7.94. The van der Waals surface area contributed by atoms with Crippen LogP contribution in [0.25, 0.3) is 10.9 Å². The van der Waals surface area contributed by atoms with E-state index in [2.05, 4.69) is 26.9 Å². The summed E-state index contributed by atoms with van der Waals surface area (Å²) in [6, 6.07) is 9.90. The van der Waals surface area contributed by atoms with E-state index in [1.807, 2.05) is 29.2 Å². The van der Waals surface area contributed by atoms with Crippen molar-refractivity contribution < 1.29 is 9.53 Å². The molecule has 2 aliphatic heterocycles. The molecule has 27 heavy (non-hydrogen) atoms. The van der Waals surface area contributed by atoms with Crippen molar-refractivity contribution in [2.24, 2.45) is 5.92 Å². The third-order valence-corrected chi connectivity index (χ3v) is 5.79. The molecule has 0 saturated carbocycles. The molecule has 7 heteroatoms. The van der Waals surface area contributed by atoms with Gasteiger partial charge in [-0.2, -0.15) is 5.26 Å². The van der Waals surface area contributed by atoms with Crippen molar-refractivity contribution in [1.82, 2.24) is 9.88 Å². The van der Waals surface area contributed by atoms with E-state index in [1.54, 1.807) is 0 Å². The summed E-state index contributed by atoms with van der Waals surface area (Å²) in [6.45, 7) is 4.10. The lowest BCUT2D eigenvalue weighted by Gasteiger charge is -2.36. The number of amides is 1. The summed E-state index contributed by atoms with van der Waals surface area (Å²) < 4.78 is 6.28. The fourth-order valence-corrected chi connectivity index (χ4v) is 4.23. The van der Waals surface area contributed by atoms with Crippen molar-refractivity contribution in [3.8, 4) is 6.07 Å². The molecular formula is C20H21BrN4O2. The quantitative estimate of drug-likeness (QED) is 0.735. The van der Waals surface area contributed by atoms with Crippen LogP contribution in [0.3, 0.4) is 0 Å². The van der Waals surface area contributed by atoms with Crippen LogP contribution in [0.2, 0.25) is 0 Å². The molecule has 1 atom stereocenters. The fraction of sp³-hybridized carbons (Fsp3) is 0.450. The number of carbonyl (C=O) groups excluding carboxylic acids is 1. The minimum atomic E-state index is -0.0233. The molecule has 1 aromatic carbocycles. The summed E-state index contributed by atoms with van der Waals surface area (Å²) in [5.74, 6) is 0.971. The predicted molar refractivity (Wildman–Crippen MR) is 106 cm³/mol. The molecule has 0 N–H and O–H groups in total. The number of morpholine rings is 1. The molecule has 4 rings (SSSR count). The summed E-state index contributed by atoms with van der Waals surface area (Å²) in [5, 5.41) is 10.4. The number of hydrogen-bond donors (Lipinski definition) is 0. The maximum atomic E-state index is 12.9. The minimum absolute atomic E-state index is 0.0233. The van der Waals surface area contributed by atoms with Gasteiger partial charge in [0.25, 0.3) is 0 Å². The molecule has 1 aromatic heterocycles. The third-order valence-electron chi connectivity index (χ3n) is 5.30. The van der Waals surface area contributed by atoms with E-state index in [9.17, 15) is 10.1 Å². The van der Waals surface area contributed by atoms with Gasteiger partial charge in [-0.25, -0.2) is 4.98 Å². The molecule has 0 unspecified atom stereocenters. The van der Waals surface area contributed by atoms with E-state index < -0.39 is 0 Å². The average molecular weight is 429 g/mol. The van der Waals surface area contributed by atoms with Gasteiger partial charge < -0.3 is 14.5 Å². The number of hydrogen-bond acceptors (Lipinski definition) is 5. The lowest BCUT2D eigenvalue weighted by Crippen LogP contribution is -2.48. The van der Waals surface area contributed by atoms with E-state index in [4.69, 9.17) is 9.72 Å². The molecule has 1 amide bonds. The Hall–Kier alpha value is -2.17. The number of piperidine rings is 1. The summed E-state index contributed by atoms with van der Waals surface area (Å²) >= 11 is 3.45. The molecule has 0 spiro atoms. The molecular weight excluding hydrogens is 408 g/mol. The van der Waals surface area contributed by atoms with Crippen LogP contribution >= 0.6 is 15.9 Å². The number of fused-ring (bicyclic) bond motifs is 1. The zero-order valence-corrected chi connectivity index (χ0v) is 16.6. The number of halogens is 1. The lowest BCUT2D eigenvalue weighted by molar-refractivity contribution is -0.139. The molecule has 2 saturated heterocycles. The molecule has 3 heterocycles. The summed E-state index contributed by atoms with van der Waals surface area (Å²) in [6.07, 6.45) is 1.85. The highest BCUT2D eigenvalue weighted by atomic mass is 79.9. The summed E-state index contributed by atoms with van der Waals surface area (Å²) in [4.78, 5) is 21.7. The van der Waals surface area contributed by atoms with Gasteiger partial charge in [-0.15, -0.1) is 0 Å². The van der Waals surface area contributed by atoms with Crippen LogP contribution in [0.15, 0.2) is 28.7 Å². The Morgan fingerprint density at radius 3 is 2.85 bits per heavy atom. The number of pyridine rings is 1. The Labute approximate surface area is 166 Å². The van der Waals surface area contributed by atoms with Gasteiger partial charge in [0, 0.05) is 36.0 Å². The first-order valence-electron chi connectivity index (χ1n) is 9.27. The van der Waals surface area contributed by atoms with Gasteiger partial charge in [0.05, 0.1) is 36.3 Å². The van der Waals surface area contributed by atoms with E-state index in [-0.39, 0.29) is 11.8 Å². The van der Waals surface area contributed by atoms with Crippen LogP contribution in [0.1, 0.15) is 18.4 Å². The van der Waals surface area contributed by atoms with Crippen molar-refractivity contribution in [1.29, 1.82) is 5.26 Å². The SMILES string of the molecule is N#Cc1cc(N2CCC[C@H](C(=O)N3CCOCC3)C2)nc2ccc(Br)cc12. The Bertz CT molecular complexity index is 905. The maximum absolute atomic E-state index is 12.9. The first-order valence-corrected chi connectivity index (χ1v) is 10.1. The van der Waals surface area contributed by atoms with Crippen molar-refractivity contribution >= 4 is 38.6 Å². The normalized spacial score (nSPS) is 20.5. The van der Waals surface area contributed by atoms with Gasteiger partial charge in [0.1, 0.15) is 5.82 Å². The predicted octanol–water partition coefficient (Wildman–Crippen LogP) is 2.94. The molecule has 2 aromatic rings. The van der Waals surface area contributed by atoms with Gasteiger partial charge in [0.2, 0.25) is 5.91 Å². The van der Waals surface area contributed by atoms with Gasteiger partial charge in [-0.1, -0.05) is 15.9 Å². The number of rotatable bonds is 2. The molecule has 0 radical (unpaired) electrons. The molecule has 2 fully saturated rings. The molecule has 6 nitrogen and oxygen atoms in total. The third kappa shape index (κ3) is 3.78. The highest BCUT2D eigenvalue weighted by Gasteiger charge is 2.30. The second kappa shape index (κ2) is 7.83. The molecule has 0 bridgehead atoms. The second-order valence-electron chi connectivity index (χ2n) is 7.02. The van der Waals surface area contributed by atoms with Crippen LogP contribution in [0.4, 0.5) is 5.82 Å². The number of benzene rings is 1. The van der Waals surface area contributed by atoms with Gasteiger partial charge in [-0.3, -0.25) is 4.79 Å². The Kier molecular flexibility index (Phi) is 5.28. The zero-order chi connectivity index (χ0) is 18.8. The molecule has 140 valence electrons. The Morgan fingerprint density at radius 1 is 1.26 bits per heavy atom. The smallest absolute Gasteiger partial charge is 0.227 e. The number of carbonyl (C=O) groups is 1. The van der Waals surface area contributed by atoms with E-state index in [0.717, 1.165) is 40.6 Å². The van der Waals surface area contributed by atoms with Crippen molar-refractivity contribution in [3.63, 3.8) is 0 Å². The number of nitriles is 1. The van der Waals surface area contributed by atoms with Gasteiger partial charge in [-0.05, 0) is 37.1 Å². The summed E-state index contributed by atoms with van der Waals surface area (Å²) in [7, 11) is 0. The van der Waals surface area contributed by atoms with E-state index >= 15 is 0 Å². The number of ether oxygens (including phenoxy) is 1. The fourth-order valence-electron chi connectivity index (χ4n) is 3.87. The summed E-state index contributed by atoms with van der Waals surface area (Å²) in [5.41, 5.74) is 1.41. The lowest BCUT2D eigenvalue weighted by atomic mass is 9.96. The maximum Gasteiger partial charge on any atom is 0.227 e. The number of nitrogens with zero attached hydrogens (tertiary/aromatic N) is 4. The van der Waals surface area contributed by atoms with Crippen LogP contribution in [0.5, 0.6) is 0 Å². The van der Waals surface area contributed by atoms with Crippen LogP contribution in [-0.4, -0.2) is 55.2 Å². The van der Waals surface area contributed by atoms with Crippen LogP contribution in [-0.2, 0) is 9.53 Å². The monoisotopic (exact) mass is 428 g/mol. The molecule has 2 aliphatic rings. The molecule has 0 aliphatic carbocycles. The van der Waals surface area contributed by atoms with Gasteiger partial charge in [0.15, 0.2) is 0 Å².